The van der Waals surface area contributed by atoms with Gasteiger partial charge in [0.25, 0.3) is 0 Å². The fourth-order valence-electron chi connectivity index (χ4n) is 0.978. The van der Waals surface area contributed by atoms with Gasteiger partial charge < -0.3 is 29.2 Å². The van der Waals surface area contributed by atoms with Crippen molar-refractivity contribution in [1.82, 2.24) is 0 Å². The van der Waals surface area contributed by atoms with Gasteiger partial charge in [0.2, 0.25) is 0 Å². The second kappa shape index (κ2) is 13.8. The highest BCUT2D eigenvalue weighted by Crippen LogP contribution is 1.85. The summed E-state index contributed by atoms with van der Waals surface area (Å²) in [6.45, 7) is 5.38. The number of aliphatic hydroxyl groups is 2. The molecule has 0 spiro atoms. The van der Waals surface area contributed by atoms with Crippen LogP contribution < -0.4 is 0 Å². The molecule has 2 N–H and O–H groups in total. The van der Waals surface area contributed by atoms with E-state index < -0.39 is 6.10 Å². The lowest BCUT2D eigenvalue weighted by Gasteiger charge is -2.07. The Labute approximate surface area is 102 Å². The average Bonchev–Trinajstić information content (AvgIpc) is 2.30. The molecule has 0 radical (unpaired) electrons. The quantitative estimate of drug-likeness (QED) is 0.427. The smallest absolute Gasteiger partial charge is 0.0745 e. The summed E-state index contributed by atoms with van der Waals surface area (Å²) < 4.78 is 20.6. The zero-order chi connectivity index (χ0) is 12.8. The molecule has 0 heterocycles. The molecule has 0 bridgehead atoms. The lowest BCUT2D eigenvalue weighted by atomic mass is 10.4. The number of hydrogen-bond donors (Lipinski definition) is 2. The Morgan fingerprint density at radius 3 is 1.59 bits per heavy atom. The summed E-state index contributed by atoms with van der Waals surface area (Å²) in [5.41, 5.74) is 0. The third kappa shape index (κ3) is 15.8. The summed E-state index contributed by atoms with van der Waals surface area (Å²) in [6.07, 6.45) is -0.433. The molecule has 17 heavy (non-hydrogen) atoms. The molecular weight excluding hydrogens is 228 g/mol. The maximum absolute atomic E-state index is 8.90. The van der Waals surface area contributed by atoms with Crippen LogP contribution in [0.4, 0.5) is 0 Å². The first-order valence-electron chi connectivity index (χ1n) is 5.87. The predicted molar refractivity (Wildman–Crippen MR) is 62.0 cm³/mol. The summed E-state index contributed by atoms with van der Waals surface area (Å²) in [7, 11) is 0. The fourth-order valence-corrected chi connectivity index (χ4v) is 0.978. The molecule has 0 amide bonds. The van der Waals surface area contributed by atoms with E-state index in [1.54, 1.807) is 6.92 Å². The summed E-state index contributed by atoms with van der Waals surface area (Å²) in [6, 6.07) is 0. The van der Waals surface area contributed by atoms with Crippen LogP contribution in [0.2, 0.25) is 0 Å². The van der Waals surface area contributed by atoms with E-state index in [1.165, 1.54) is 0 Å². The Bertz CT molecular complexity index is 142. The number of aliphatic hydroxyl groups excluding tert-OH is 2. The van der Waals surface area contributed by atoms with Gasteiger partial charge >= 0.3 is 0 Å². The van der Waals surface area contributed by atoms with E-state index in [0.29, 0.717) is 52.9 Å². The molecule has 1 atom stereocenters. The minimum absolute atomic E-state index is 0.0373. The van der Waals surface area contributed by atoms with Crippen molar-refractivity contribution in [2.24, 2.45) is 0 Å². The third-order valence-corrected chi connectivity index (χ3v) is 1.71. The van der Waals surface area contributed by atoms with E-state index in [-0.39, 0.29) is 6.61 Å². The number of ether oxygens (including phenoxy) is 4. The van der Waals surface area contributed by atoms with Crippen molar-refractivity contribution in [3.05, 3.63) is 0 Å². The monoisotopic (exact) mass is 252 g/mol. The summed E-state index contributed by atoms with van der Waals surface area (Å²) in [5, 5.41) is 17.3. The highest BCUT2D eigenvalue weighted by atomic mass is 16.6. The number of hydrogen-bond acceptors (Lipinski definition) is 6. The van der Waals surface area contributed by atoms with Crippen molar-refractivity contribution in [2.45, 2.75) is 13.0 Å². The predicted octanol–water partition coefficient (Wildman–Crippen LogP) is -0.574. The molecular formula is C11H24O6. The highest BCUT2D eigenvalue weighted by molar-refractivity contribution is 4.41. The lowest BCUT2D eigenvalue weighted by Crippen LogP contribution is -2.15. The Hall–Kier alpha value is -0.240. The van der Waals surface area contributed by atoms with Crippen molar-refractivity contribution in [1.29, 1.82) is 0 Å². The maximum Gasteiger partial charge on any atom is 0.0745 e. The van der Waals surface area contributed by atoms with Crippen LogP contribution in [0.3, 0.4) is 0 Å². The molecule has 0 fully saturated rings. The van der Waals surface area contributed by atoms with E-state index >= 15 is 0 Å². The van der Waals surface area contributed by atoms with Gasteiger partial charge in [0.1, 0.15) is 0 Å². The molecule has 1 unspecified atom stereocenters. The Morgan fingerprint density at radius 2 is 1.18 bits per heavy atom. The van der Waals surface area contributed by atoms with Crippen LogP contribution in [0, 0.1) is 0 Å². The molecule has 6 heteroatoms. The van der Waals surface area contributed by atoms with E-state index in [0.717, 1.165) is 0 Å². The first kappa shape index (κ1) is 16.8. The van der Waals surface area contributed by atoms with Gasteiger partial charge in [0.05, 0.1) is 65.6 Å². The van der Waals surface area contributed by atoms with Crippen molar-refractivity contribution in [2.75, 3.05) is 59.5 Å². The van der Waals surface area contributed by atoms with Gasteiger partial charge in [0, 0.05) is 0 Å². The zero-order valence-corrected chi connectivity index (χ0v) is 10.5. The first-order valence-corrected chi connectivity index (χ1v) is 5.87. The molecule has 0 aromatic heterocycles. The van der Waals surface area contributed by atoms with Crippen LogP contribution in [0.5, 0.6) is 0 Å². The highest BCUT2D eigenvalue weighted by Gasteiger charge is 1.95. The SMILES string of the molecule is CC(O)COCCOCCOCCOCCO. The van der Waals surface area contributed by atoms with E-state index in [9.17, 15) is 0 Å². The van der Waals surface area contributed by atoms with Crippen molar-refractivity contribution in [3.8, 4) is 0 Å². The second-order valence-electron chi connectivity index (χ2n) is 3.48. The topological polar surface area (TPSA) is 77.4 Å². The summed E-state index contributed by atoms with van der Waals surface area (Å²) >= 11 is 0. The van der Waals surface area contributed by atoms with Gasteiger partial charge in [-0.15, -0.1) is 0 Å². The average molecular weight is 252 g/mol. The molecule has 0 aromatic rings. The normalized spacial score (nSPS) is 12.9. The summed E-state index contributed by atoms with van der Waals surface area (Å²) in [5.74, 6) is 0. The second-order valence-corrected chi connectivity index (χ2v) is 3.48. The number of rotatable bonds is 13. The molecule has 104 valence electrons. The largest absolute Gasteiger partial charge is 0.394 e. The molecule has 0 aliphatic heterocycles. The first-order chi connectivity index (χ1) is 8.27. The van der Waals surface area contributed by atoms with Crippen molar-refractivity contribution < 1.29 is 29.2 Å². The Balaban J connectivity index is 2.89. The third-order valence-electron chi connectivity index (χ3n) is 1.71. The van der Waals surface area contributed by atoms with Crippen LogP contribution in [-0.4, -0.2) is 75.8 Å². The van der Waals surface area contributed by atoms with Crippen LogP contribution in [0.1, 0.15) is 6.92 Å². The lowest BCUT2D eigenvalue weighted by molar-refractivity contribution is -0.0160. The van der Waals surface area contributed by atoms with Crippen LogP contribution >= 0.6 is 0 Å². The van der Waals surface area contributed by atoms with Crippen LogP contribution in [0.15, 0.2) is 0 Å². The molecule has 6 nitrogen and oxygen atoms in total. The Kier molecular flexibility index (Phi) is 13.6. The van der Waals surface area contributed by atoms with Crippen molar-refractivity contribution in [3.63, 3.8) is 0 Å². The summed E-state index contributed by atoms with van der Waals surface area (Å²) in [4.78, 5) is 0. The standard InChI is InChI=1S/C11H24O6/c1-11(13)10-17-9-8-16-7-6-15-5-4-14-3-2-12/h11-13H,2-10H2,1H3. The minimum Gasteiger partial charge on any atom is -0.394 e. The van der Waals surface area contributed by atoms with E-state index in [4.69, 9.17) is 29.2 Å². The molecule has 0 saturated heterocycles. The Morgan fingerprint density at radius 1 is 0.765 bits per heavy atom. The van der Waals surface area contributed by atoms with Gasteiger partial charge in [-0.3, -0.25) is 0 Å². The molecule has 0 rings (SSSR count). The molecule has 0 saturated carbocycles. The van der Waals surface area contributed by atoms with Gasteiger partial charge in [-0.2, -0.15) is 0 Å². The maximum atomic E-state index is 8.90. The van der Waals surface area contributed by atoms with Gasteiger partial charge in [-0.1, -0.05) is 0 Å². The minimum atomic E-state index is -0.433. The van der Waals surface area contributed by atoms with Gasteiger partial charge in [-0.05, 0) is 6.92 Å². The van der Waals surface area contributed by atoms with E-state index in [1.807, 2.05) is 0 Å². The van der Waals surface area contributed by atoms with Gasteiger partial charge in [-0.25, -0.2) is 0 Å². The van der Waals surface area contributed by atoms with Crippen molar-refractivity contribution >= 4 is 0 Å². The van der Waals surface area contributed by atoms with E-state index in [2.05, 4.69) is 0 Å². The fraction of sp³-hybridized carbons (Fsp3) is 1.00. The zero-order valence-electron chi connectivity index (χ0n) is 10.5. The van der Waals surface area contributed by atoms with Crippen LogP contribution in [0.25, 0.3) is 0 Å². The molecule has 0 aliphatic rings. The van der Waals surface area contributed by atoms with Gasteiger partial charge in [0.15, 0.2) is 0 Å². The van der Waals surface area contributed by atoms with Crippen LogP contribution in [-0.2, 0) is 18.9 Å². The molecule has 0 aliphatic carbocycles. The molecule has 0 aromatic carbocycles.